The number of alkyl halides is 3. The lowest BCUT2D eigenvalue weighted by Gasteiger charge is -2.20. The van der Waals surface area contributed by atoms with Gasteiger partial charge in [-0.1, -0.05) is 30.3 Å². The van der Waals surface area contributed by atoms with Crippen LogP contribution in [-0.4, -0.2) is 13.6 Å². The van der Waals surface area contributed by atoms with Crippen LogP contribution < -0.4 is 10.1 Å². The molecule has 0 amide bonds. The Bertz CT molecular complexity index is 581. The highest BCUT2D eigenvalue weighted by atomic mass is 19.4. The zero-order chi connectivity index (χ0) is 16.7. The smallest absolute Gasteiger partial charge is 0.416 e. The molecule has 2 aromatic carbocycles. The summed E-state index contributed by atoms with van der Waals surface area (Å²) in [6.07, 6.45) is -2.81. The van der Waals surface area contributed by atoms with Crippen LogP contribution in [0.5, 0.6) is 5.75 Å². The average molecular weight is 323 g/mol. The first-order chi connectivity index (χ1) is 11.0. The van der Waals surface area contributed by atoms with Gasteiger partial charge in [0, 0.05) is 0 Å². The zero-order valence-electron chi connectivity index (χ0n) is 12.9. The van der Waals surface area contributed by atoms with Crippen LogP contribution in [0.25, 0.3) is 0 Å². The maximum Gasteiger partial charge on any atom is 0.416 e. The SMILES string of the molecule is CNCCCC(Oc1ccc(C(F)(F)F)cc1)c1ccccc1. The fraction of sp³-hybridized carbons (Fsp3) is 0.333. The van der Waals surface area contributed by atoms with Crippen molar-refractivity contribution in [1.29, 1.82) is 0 Å². The molecule has 2 rings (SSSR count). The second-order valence-electron chi connectivity index (χ2n) is 5.29. The molecule has 0 radical (unpaired) electrons. The number of benzene rings is 2. The molecule has 1 atom stereocenters. The number of halogens is 3. The van der Waals surface area contributed by atoms with E-state index >= 15 is 0 Å². The van der Waals surface area contributed by atoms with Crippen molar-refractivity contribution in [1.82, 2.24) is 5.32 Å². The first kappa shape index (κ1) is 17.3. The van der Waals surface area contributed by atoms with E-state index in [1.807, 2.05) is 37.4 Å². The molecular weight excluding hydrogens is 303 g/mol. The number of hydrogen-bond donors (Lipinski definition) is 1. The summed E-state index contributed by atoms with van der Waals surface area (Å²) in [6, 6.07) is 14.5. The van der Waals surface area contributed by atoms with E-state index in [-0.39, 0.29) is 6.10 Å². The molecule has 0 aliphatic carbocycles. The molecule has 23 heavy (non-hydrogen) atoms. The lowest BCUT2D eigenvalue weighted by Crippen LogP contribution is -2.13. The van der Waals surface area contributed by atoms with E-state index in [0.717, 1.165) is 37.1 Å². The number of ether oxygens (including phenoxy) is 1. The highest BCUT2D eigenvalue weighted by Gasteiger charge is 2.30. The second-order valence-corrected chi connectivity index (χ2v) is 5.29. The Labute approximate surface area is 134 Å². The van der Waals surface area contributed by atoms with Crippen molar-refractivity contribution in [2.75, 3.05) is 13.6 Å². The summed E-state index contributed by atoms with van der Waals surface area (Å²) in [5.74, 6) is 0.441. The third-order valence-corrected chi connectivity index (χ3v) is 3.52. The molecule has 0 saturated carbocycles. The summed E-state index contributed by atoms with van der Waals surface area (Å²) in [5, 5.41) is 3.08. The van der Waals surface area contributed by atoms with Gasteiger partial charge in [0.2, 0.25) is 0 Å². The summed E-state index contributed by atoms with van der Waals surface area (Å²) in [4.78, 5) is 0. The molecular formula is C18H20F3NO. The summed E-state index contributed by atoms with van der Waals surface area (Å²) in [7, 11) is 1.88. The normalized spacial score (nSPS) is 12.9. The second kappa shape index (κ2) is 8.02. The minimum atomic E-state index is -4.33. The van der Waals surface area contributed by atoms with Gasteiger partial charge in [-0.2, -0.15) is 13.2 Å². The molecule has 0 saturated heterocycles. The van der Waals surface area contributed by atoms with Crippen molar-refractivity contribution in [3.63, 3.8) is 0 Å². The van der Waals surface area contributed by atoms with Crippen LogP contribution >= 0.6 is 0 Å². The molecule has 1 unspecified atom stereocenters. The Morgan fingerprint density at radius 1 is 1.00 bits per heavy atom. The van der Waals surface area contributed by atoms with Crippen molar-refractivity contribution >= 4 is 0 Å². The minimum Gasteiger partial charge on any atom is -0.486 e. The third-order valence-electron chi connectivity index (χ3n) is 3.52. The summed E-state index contributed by atoms with van der Waals surface area (Å²) in [6.45, 7) is 0.861. The van der Waals surface area contributed by atoms with Crippen LogP contribution in [0.15, 0.2) is 54.6 Å². The predicted octanol–water partition coefficient (Wildman–Crippen LogP) is 4.83. The first-order valence-electron chi connectivity index (χ1n) is 7.54. The number of hydrogen-bond acceptors (Lipinski definition) is 2. The molecule has 0 spiro atoms. The fourth-order valence-corrected chi connectivity index (χ4v) is 2.31. The average Bonchev–Trinajstić information content (AvgIpc) is 2.54. The predicted molar refractivity (Wildman–Crippen MR) is 84.4 cm³/mol. The minimum absolute atomic E-state index is 0.179. The quantitative estimate of drug-likeness (QED) is 0.737. The standard InChI is InChI=1S/C18H20F3NO/c1-22-13-5-8-17(14-6-3-2-4-7-14)23-16-11-9-15(10-12-16)18(19,20)21/h2-4,6-7,9-12,17,22H,5,8,13H2,1H3. The van der Waals surface area contributed by atoms with Gasteiger partial charge in [0.05, 0.1) is 5.56 Å². The van der Waals surface area contributed by atoms with E-state index in [2.05, 4.69) is 5.32 Å². The fourth-order valence-electron chi connectivity index (χ4n) is 2.31. The molecule has 0 fully saturated rings. The van der Waals surface area contributed by atoms with Gasteiger partial charge in [-0.25, -0.2) is 0 Å². The van der Waals surface area contributed by atoms with Crippen LogP contribution in [0.2, 0.25) is 0 Å². The maximum atomic E-state index is 12.6. The van der Waals surface area contributed by atoms with Crippen molar-refractivity contribution in [2.24, 2.45) is 0 Å². The van der Waals surface area contributed by atoms with Crippen molar-refractivity contribution in [2.45, 2.75) is 25.1 Å². The highest BCUT2D eigenvalue weighted by molar-refractivity contribution is 5.30. The van der Waals surface area contributed by atoms with E-state index in [9.17, 15) is 13.2 Å². The molecule has 2 nitrogen and oxygen atoms in total. The summed E-state index contributed by atoms with van der Waals surface area (Å²) < 4.78 is 43.7. The molecule has 0 aliphatic heterocycles. The van der Waals surface area contributed by atoms with Crippen LogP contribution in [0.1, 0.15) is 30.1 Å². The topological polar surface area (TPSA) is 21.3 Å². The monoisotopic (exact) mass is 323 g/mol. The molecule has 0 heterocycles. The highest BCUT2D eigenvalue weighted by Crippen LogP contribution is 2.32. The van der Waals surface area contributed by atoms with Gasteiger partial charge < -0.3 is 10.1 Å². The molecule has 5 heteroatoms. The largest absolute Gasteiger partial charge is 0.486 e. The maximum absolute atomic E-state index is 12.6. The molecule has 124 valence electrons. The third kappa shape index (κ3) is 5.28. The van der Waals surface area contributed by atoms with E-state index in [0.29, 0.717) is 5.75 Å². The summed E-state index contributed by atoms with van der Waals surface area (Å²) in [5.41, 5.74) is 0.347. The molecule has 1 N–H and O–H groups in total. The van der Waals surface area contributed by atoms with E-state index in [1.165, 1.54) is 12.1 Å². The van der Waals surface area contributed by atoms with Crippen molar-refractivity contribution in [3.05, 3.63) is 65.7 Å². The Hall–Kier alpha value is -2.01. The van der Waals surface area contributed by atoms with Gasteiger partial charge in [-0.15, -0.1) is 0 Å². The van der Waals surface area contributed by atoms with Gasteiger partial charge in [0.25, 0.3) is 0 Å². The zero-order valence-corrected chi connectivity index (χ0v) is 12.9. The van der Waals surface area contributed by atoms with E-state index in [1.54, 1.807) is 0 Å². The van der Waals surface area contributed by atoms with Crippen LogP contribution in [0.4, 0.5) is 13.2 Å². The lowest BCUT2D eigenvalue weighted by atomic mass is 10.0. The van der Waals surface area contributed by atoms with Crippen LogP contribution in [-0.2, 0) is 6.18 Å². The Balaban J connectivity index is 2.10. The van der Waals surface area contributed by atoms with Gasteiger partial charge in [0.1, 0.15) is 11.9 Å². The van der Waals surface area contributed by atoms with Gasteiger partial charge >= 0.3 is 6.18 Å². The van der Waals surface area contributed by atoms with Crippen LogP contribution in [0, 0.1) is 0 Å². The van der Waals surface area contributed by atoms with Crippen molar-refractivity contribution in [3.8, 4) is 5.75 Å². The van der Waals surface area contributed by atoms with E-state index in [4.69, 9.17) is 4.74 Å². The first-order valence-corrected chi connectivity index (χ1v) is 7.54. The lowest BCUT2D eigenvalue weighted by molar-refractivity contribution is -0.137. The molecule has 0 aliphatic rings. The number of rotatable bonds is 7. The van der Waals surface area contributed by atoms with Gasteiger partial charge in [-0.3, -0.25) is 0 Å². The molecule has 2 aromatic rings. The summed E-state index contributed by atoms with van der Waals surface area (Å²) >= 11 is 0. The van der Waals surface area contributed by atoms with Gasteiger partial charge in [-0.05, 0) is 56.3 Å². The van der Waals surface area contributed by atoms with Crippen LogP contribution in [0.3, 0.4) is 0 Å². The molecule has 0 aromatic heterocycles. The Morgan fingerprint density at radius 2 is 1.65 bits per heavy atom. The van der Waals surface area contributed by atoms with Crippen molar-refractivity contribution < 1.29 is 17.9 Å². The van der Waals surface area contributed by atoms with E-state index < -0.39 is 11.7 Å². The van der Waals surface area contributed by atoms with Gasteiger partial charge in [0.15, 0.2) is 0 Å². The Morgan fingerprint density at radius 3 is 2.22 bits per heavy atom. The number of nitrogens with one attached hydrogen (secondary N) is 1. The Kier molecular flexibility index (Phi) is 6.04. The molecule has 0 bridgehead atoms.